The summed E-state index contributed by atoms with van der Waals surface area (Å²) >= 11 is 0. The van der Waals surface area contributed by atoms with E-state index in [0.29, 0.717) is 0 Å². The Morgan fingerprint density at radius 2 is 2.08 bits per heavy atom. The number of fused-ring (bicyclic) bond motifs is 1. The van der Waals surface area contributed by atoms with Crippen molar-refractivity contribution >= 4 is 11.9 Å². The molecule has 1 N–H and O–H groups in total. The average Bonchev–Trinajstić information content (AvgIpc) is 3.09. The van der Waals surface area contributed by atoms with Gasteiger partial charge in [0.1, 0.15) is 18.3 Å². The van der Waals surface area contributed by atoms with E-state index in [1.54, 1.807) is 13.8 Å². The monoisotopic (exact) mass is 362 g/mol. The van der Waals surface area contributed by atoms with Crippen molar-refractivity contribution in [1.29, 1.82) is 0 Å². The van der Waals surface area contributed by atoms with Crippen LogP contribution in [0.2, 0.25) is 0 Å². The van der Waals surface area contributed by atoms with Gasteiger partial charge in [-0.05, 0) is 52.2 Å². The minimum absolute atomic E-state index is 0.197. The van der Waals surface area contributed by atoms with Gasteiger partial charge in [0.25, 0.3) is 0 Å². The van der Waals surface area contributed by atoms with Crippen molar-refractivity contribution < 1.29 is 28.9 Å². The molecule has 0 unspecified atom stereocenters. The summed E-state index contributed by atoms with van der Waals surface area (Å²) in [5, 5.41) is 11.0. The highest BCUT2D eigenvalue weighted by molar-refractivity contribution is 5.91. The molecule has 2 fully saturated rings. The van der Waals surface area contributed by atoms with E-state index in [9.17, 15) is 14.7 Å². The molecular weight excluding hydrogens is 336 g/mol. The number of esters is 2. The van der Waals surface area contributed by atoms with Crippen LogP contribution in [-0.2, 0) is 23.8 Å². The lowest BCUT2D eigenvalue weighted by atomic mass is 9.84. The number of rotatable bonds is 2. The number of allylic oxidation sites excluding steroid dienone is 2. The van der Waals surface area contributed by atoms with Crippen LogP contribution in [0.4, 0.5) is 0 Å². The van der Waals surface area contributed by atoms with Gasteiger partial charge in [0.2, 0.25) is 0 Å². The maximum absolute atomic E-state index is 12.5. The van der Waals surface area contributed by atoms with Crippen LogP contribution in [0.5, 0.6) is 0 Å². The summed E-state index contributed by atoms with van der Waals surface area (Å²) in [5.74, 6) is -1.71. The van der Waals surface area contributed by atoms with Gasteiger partial charge in [0.15, 0.2) is 5.60 Å². The van der Waals surface area contributed by atoms with Gasteiger partial charge in [0, 0.05) is 5.57 Å². The highest BCUT2D eigenvalue weighted by Crippen LogP contribution is 2.39. The Bertz CT molecular complexity index is 705. The number of carbonyl (C=O) groups excluding carboxylic acids is 2. The second-order valence-electron chi connectivity index (χ2n) is 7.60. The number of hydrogen-bond donors (Lipinski definition) is 1. The lowest BCUT2D eigenvalue weighted by molar-refractivity contribution is -0.160. The van der Waals surface area contributed by atoms with Crippen LogP contribution < -0.4 is 0 Å². The molecule has 2 aliphatic heterocycles. The Balaban J connectivity index is 1.91. The number of hydrogen-bond acceptors (Lipinski definition) is 6. The topological polar surface area (TPSA) is 85.4 Å². The minimum atomic E-state index is -1.14. The van der Waals surface area contributed by atoms with Crippen molar-refractivity contribution in [2.24, 2.45) is 5.92 Å². The van der Waals surface area contributed by atoms with Crippen LogP contribution in [0, 0.1) is 5.92 Å². The molecular formula is C20H26O6. The van der Waals surface area contributed by atoms with E-state index in [4.69, 9.17) is 14.2 Å². The molecule has 2 heterocycles. The third-order valence-corrected chi connectivity index (χ3v) is 5.62. The van der Waals surface area contributed by atoms with Crippen LogP contribution in [0.3, 0.4) is 0 Å². The molecule has 0 aromatic heterocycles. The number of aliphatic hydroxyl groups is 1. The van der Waals surface area contributed by atoms with Gasteiger partial charge in [0.05, 0.1) is 12.0 Å². The molecule has 6 heteroatoms. The van der Waals surface area contributed by atoms with E-state index in [1.807, 2.05) is 26.0 Å². The number of carbonyl (C=O) groups is 2. The van der Waals surface area contributed by atoms with Gasteiger partial charge in [-0.2, -0.15) is 0 Å². The zero-order valence-electron chi connectivity index (χ0n) is 15.7. The Kier molecular flexibility index (Phi) is 4.84. The van der Waals surface area contributed by atoms with E-state index < -0.39 is 41.8 Å². The molecule has 6 atom stereocenters. The number of epoxide rings is 1. The van der Waals surface area contributed by atoms with E-state index in [2.05, 4.69) is 6.58 Å². The standard InChI is InChI=1S/C20H26O6/c1-10-7-6-8-11(2)17(25-19(23)20(5)13(4)26-20)16(21)15-12(3)18(22)24-14(15)9-10/h8-9,13-17,21H,3,6-7H2,1-2,4-5H3/b10-9-,11-8-/t13-,14-,15+,16-,17-,20-/m1/s1. The fourth-order valence-electron chi connectivity index (χ4n) is 3.55. The van der Waals surface area contributed by atoms with E-state index in [0.717, 1.165) is 24.0 Å². The zero-order chi connectivity index (χ0) is 19.2. The van der Waals surface area contributed by atoms with E-state index in [-0.39, 0.29) is 11.7 Å². The number of aliphatic hydroxyl groups excluding tert-OH is 1. The summed E-state index contributed by atoms with van der Waals surface area (Å²) < 4.78 is 16.4. The zero-order valence-corrected chi connectivity index (χ0v) is 15.7. The molecule has 0 aromatic rings. The largest absolute Gasteiger partial charge is 0.454 e. The molecule has 142 valence electrons. The van der Waals surface area contributed by atoms with Gasteiger partial charge < -0.3 is 19.3 Å². The van der Waals surface area contributed by atoms with E-state index >= 15 is 0 Å². The first-order valence-corrected chi connectivity index (χ1v) is 8.96. The smallest absolute Gasteiger partial charge is 0.341 e. The molecule has 1 aliphatic carbocycles. The average molecular weight is 362 g/mol. The maximum atomic E-state index is 12.5. The van der Waals surface area contributed by atoms with Crippen LogP contribution in [0.15, 0.2) is 35.5 Å². The van der Waals surface area contributed by atoms with Crippen LogP contribution in [-0.4, -0.2) is 47.1 Å². The Labute approximate surface area is 153 Å². The first-order chi connectivity index (χ1) is 12.1. The van der Waals surface area contributed by atoms with Crippen LogP contribution >= 0.6 is 0 Å². The Morgan fingerprint density at radius 3 is 2.69 bits per heavy atom. The second-order valence-corrected chi connectivity index (χ2v) is 7.60. The normalized spacial score (nSPS) is 44.1. The Hall–Kier alpha value is -1.92. The predicted octanol–water partition coefficient (Wildman–Crippen LogP) is 2.22. The molecule has 0 aromatic carbocycles. The first-order valence-electron chi connectivity index (χ1n) is 8.96. The summed E-state index contributed by atoms with van der Waals surface area (Å²) in [6.07, 6.45) is 2.48. The summed E-state index contributed by atoms with van der Waals surface area (Å²) in [4.78, 5) is 24.5. The predicted molar refractivity (Wildman–Crippen MR) is 94.1 cm³/mol. The van der Waals surface area contributed by atoms with Gasteiger partial charge in [-0.1, -0.05) is 18.2 Å². The summed E-state index contributed by atoms with van der Waals surface area (Å²) in [5.41, 5.74) is 1.03. The fourth-order valence-corrected chi connectivity index (χ4v) is 3.55. The quantitative estimate of drug-likeness (QED) is 0.351. The highest BCUT2D eigenvalue weighted by Gasteiger charge is 2.58. The maximum Gasteiger partial charge on any atom is 0.341 e. The highest BCUT2D eigenvalue weighted by atomic mass is 16.7. The van der Waals surface area contributed by atoms with Crippen LogP contribution in [0.25, 0.3) is 0 Å². The molecule has 2 saturated heterocycles. The lowest BCUT2D eigenvalue weighted by Gasteiger charge is -2.30. The van der Waals surface area contributed by atoms with Crippen molar-refractivity contribution in [1.82, 2.24) is 0 Å². The van der Waals surface area contributed by atoms with Crippen molar-refractivity contribution in [3.05, 3.63) is 35.5 Å². The second kappa shape index (κ2) is 6.67. The van der Waals surface area contributed by atoms with Crippen molar-refractivity contribution in [2.45, 2.75) is 70.6 Å². The molecule has 0 bridgehead atoms. The van der Waals surface area contributed by atoms with Crippen molar-refractivity contribution in [2.75, 3.05) is 0 Å². The summed E-state index contributed by atoms with van der Waals surface area (Å²) in [6, 6.07) is 0. The van der Waals surface area contributed by atoms with Crippen LogP contribution in [0.1, 0.15) is 40.5 Å². The van der Waals surface area contributed by atoms with Gasteiger partial charge >= 0.3 is 11.9 Å². The molecule has 0 amide bonds. The van der Waals surface area contributed by atoms with Gasteiger partial charge in [-0.3, -0.25) is 0 Å². The summed E-state index contributed by atoms with van der Waals surface area (Å²) in [7, 11) is 0. The van der Waals surface area contributed by atoms with E-state index in [1.165, 1.54) is 0 Å². The first kappa shape index (κ1) is 18.9. The molecule has 0 radical (unpaired) electrons. The minimum Gasteiger partial charge on any atom is -0.454 e. The summed E-state index contributed by atoms with van der Waals surface area (Å²) in [6.45, 7) is 11.0. The number of ether oxygens (including phenoxy) is 3. The van der Waals surface area contributed by atoms with Gasteiger partial charge in [-0.25, -0.2) is 9.59 Å². The Morgan fingerprint density at radius 1 is 1.42 bits per heavy atom. The van der Waals surface area contributed by atoms with Crippen molar-refractivity contribution in [3.63, 3.8) is 0 Å². The molecule has 0 spiro atoms. The lowest BCUT2D eigenvalue weighted by Crippen LogP contribution is -2.43. The SMILES string of the molecule is C=C1C(=O)O[C@@H]2/C=C(/C)CC/C=C(/C)[C@@H](OC(=O)[C@]3(C)O[C@@H]3C)[C@H](O)[C@@H]12. The molecule has 26 heavy (non-hydrogen) atoms. The third-order valence-electron chi connectivity index (χ3n) is 5.62. The van der Waals surface area contributed by atoms with Gasteiger partial charge in [-0.15, -0.1) is 0 Å². The molecule has 0 saturated carbocycles. The van der Waals surface area contributed by atoms with Crippen molar-refractivity contribution in [3.8, 4) is 0 Å². The molecule has 3 rings (SSSR count). The molecule has 6 nitrogen and oxygen atoms in total. The third kappa shape index (κ3) is 3.23. The molecule has 3 aliphatic rings. The fraction of sp³-hybridized carbons (Fsp3) is 0.600.